The number of hydrogen-bond donors (Lipinski definition) is 2. The van der Waals surface area contributed by atoms with Gasteiger partial charge in [-0.05, 0) is 17.3 Å². The van der Waals surface area contributed by atoms with Crippen molar-refractivity contribution in [2.24, 2.45) is 5.18 Å². The van der Waals surface area contributed by atoms with Crippen LogP contribution in [0.25, 0.3) is 0 Å². The summed E-state index contributed by atoms with van der Waals surface area (Å²) in [6.07, 6.45) is 0. The van der Waals surface area contributed by atoms with E-state index < -0.39 is 0 Å². The molecule has 0 bridgehead atoms. The largest absolute Gasteiger partial charge is 1.00 e. The number of phenolic OH excluding ortho intramolecular Hbond substituents is 2. The van der Waals surface area contributed by atoms with Gasteiger partial charge in [-0.3, -0.25) is 0 Å². The summed E-state index contributed by atoms with van der Waals surface area (Å²) >= 11 is 0. The second kappa shape index (κ2) is 4.33. The molecule has 0 atom stereocenters. The fourth-order valence-electron chi connectivity index (χ4n) is 0.589. The number of nitroso groups, excluding NO2 is 1. The molecule has 52 valence electrons. The molecule has 0 saturated carbocycles. The van der Waals surface area contributed by atoms with E-state index in [4.69, 9.17) is 10.2 Å². The molecule has 5 heteroatoms. The van der Waals surface area contributed by atoms with Gasteiger partial charge in [0.2, 0.25) is 0 Å². The Morgan fingerprint density at radius 3 is 2.36 bits per heavy atom. The predicted molar refractivity (Wildman–Crippen MR) is 35.2 cm³/mol. The third kappa shape index (κ3) is 2.49. The molecule has 1 rings (SSSR count). The molecule has 0 saturated heterocycles. The molecule has 1 aromatic rings. The molecular formula is C6H5NNaO3+. The van der Waals surface area contributed by atoms with Crippen molar-refractivity contribution < 1.29 is 39.8 Å². The second-order valence-electron chi connectivity index (χ2n) is 1.76. The Bertz CT molecular complexity index is 264. The standard InChI is InChI=1S/C6H5NO3.Na/c8-4-1-2-5(7-10)6(9)3-4;/h1-3,8-9H;/q;+1. The maximum absolute atomic E-state index is 9.85. The van der Waals surface area contributed by atoms with Crippen LogP contribution in [-0.4, -0.2) is 10.2 Å². The summed E-state index contributed by atoms with van der Waals surface area (Å²) in [7, 11) is 0. The number of benzene rings is 1. The van der Waals surface area contributed by atoms with Crippen LogP contribution in [-0.2, 0) is 0 Å². The van der Waals surface area contributed by atoms with Gasteiger partial charge in [0.05, 0.1) is 0 Å². The van der Waals surface area contributed by atoms with Crippen LogP contribution in [0.1, 0.15) is 0 Å². The number of phenols is 2. The second-order valence-corrected chi connectivity index (χ2v) is 1.76. The van der Waals surface area contributed by atoms with Gasteiger partial charge in [-0.25, -0.2) is 0 Å². The zero-order chi connectivity index (χ0) is 7.56. The van der Waals surface area contributed by atoms with E-state index in [1.807, 2.05) is 0 Å². The summed E-state index contributed by atoms with van der Waals surface area (Å²) in [5.41, 5.74) is -0.0715. The molecule has 1 aromatic carbocycles. The molecule has 0 aromatic heterocycles. The molecule has 11 heavy (non-hydrogen) atoms. The molecule has 4 nitrogen and oxygen atoms in total. The Balaban J connectivity index is 0.000001000. The van der Waals surface area contributed by atoms with Crippen LogP contribution in [0, 0.1) is 4.91 Å². The first kappa shape index (κ1) is 10.4. The first-order valence-corrected chi connectivity index (χ1v) is 2.59. The zero-order valence-corrected chi connectivity index (χ0v) is 7.98. The molecule has 0 heterocycles. The molecule has 0 spiro atoms. The maximum atomic E-state index is 9.85. The third-order valence-corrected chi connectivity index (χ3v) is 1.06. The Hall–Kier alpha value is -0.580. The Labute approximate surface area is 85.1 Å². The minimum Gasteiger partial charge on any atom is -0.508 e. The summed E-state index contributed by atoms with van der Waals surface area (Å²) in [6, 6.07) is 3.56. The van der Waals surface area contributed by atoms with E-state index in [9.17, 15) is 4.91 Å². The average Bonchev–Trinajstić information content (AvgIpc) is 1.88. The molecule has 0 aliphatic carbocycles. The van der Waals surface area contributed by atoms with Gasteiger partial charge in [-0.15, -0.1) is 4.91 Å². The smallest absolute Gasteiger partial charge is 0.508 e. The van der Waals surface area contributed by atoms with E-state index in [0.29, 0.717) is 0 Å². The monoisotopic (exact) mass is 162 g/mol. The Morgan fingerprint density at radius 1 is 1.27 bits per heavy atom. The van der Waals surface area contributed by atoms with Crippen molar-refractivity contribution in [1.29, 1.82) is 0 Å². The van der Waals surface area contributed by atoms with E-state index in [1.54, 1.807) is 0 Å². The Kier molecular flexibility index (Phi) is 4.10. The van der Waals surface area contributed by atoms with Crippen LogP contribution in [0.15, 0.2) is 23.4 Å². The minimum atomic E-state index is -0.310. The number of aromatic hydroxyl groups is 2. The van der Waals surface area contributed by atoms with Gasteiger partial charge in [-0.1, -0.05) is 0 Å². The first-order valence-electron chi connectivity index (χ1n) is 2.59. The summed E-state index contributed by atoms with van der Waals surface area (Å²) in [5.74, 6) is -0.403. The molecule has 0 aliphatic rings. The molecular weight excluding hydrogens is 157 g/mol. The number of hydrogen-bond acceptors (Lipinski definition) is 4. The van der Waals surface area contributed by atoms with Crippen molar-refractivity contribution in [1.82, 2.24) is 0 Å². The fourth-order valence-corrected chi connectivity index (χ4v) is 0.589. The summed E-state index contributed by atoms with van der Waals surface area (Å²) in [6.45, 7) is 0. The summed E-state index contributed by atoms with van der Waals surface area (Å²) in [4.78, 5) is 9.85. The van der Waals surface area contributed by atoms with E-state index in [1.165, 1.54) is 12.1 Å². The predicted octanol–water partition coefficient (Wildman–Crippen LogP) is -1.50. The van der Waals surface area contributed by atoms with E-state index in [2.05, 4.69) is 5.18 Å². The average molecular weight is 162 g/mol. The van der Waals surface area contributed by atoms with Gasteiger partial charge >= 0.3 is 29.6 Å². The number of nitrogens with zero attached hydrogens (tertiary/aromatic N) is 1. The van der Waals surface area contributed by atoms with Crippen molar-refractivity contribution >= 4 is 5.69 Å². The van der Waals surface area contributed by atoms with Gasteiger partial charge in [0.25, 0.3) is 0 Å². The topological polar surface area (TPSA) is 69.9 Å². The van der Waals surface area contributed by atoms with Crippen LogP contribution in [0.2, 0.25) is 0 Å². The van der Waals surface area contributed by atoms with Crippen molar-refractivity contribution in [3.8, 4) is 11.5 Å². The van der Waals surface area contributed by atoms with E-state index >= 15 is 0 Å². The molecule has 2 N–H and O–H groups in total. The van der Waals surface area contributed by atoms with Crippen molar-refractivity contribution in [2.75, 3.05) is 0 Å². The first-order chi connectivity index (χ1) is 4.74. The van der Waals surface area contributed by atoms with Gasteiger partial charge in [-0.2, -0.15) is 0 Å². The molecule has 0 fully saturated rings. The SMILES string of the molecule is O=Nc1ccc(O)cc1O.[Na+]. The van der Waals surface area contributed by atoms with Crippen LogP contribution in [0.5, 0.6) is 11.5 Å². The van der Waals surface area contributed by atoms with Gasteiger partial charge in [0.15, 0.2) is 0 Å². The Morgan fingerprint density at radius 2 is 1.91 bits per heavy atom. The molecule has 0 aliphatic heterocycles. The third-order valence-electron chi connectivity index (χ3n) is 1.06. The van der Waals surface area contributed by atoms with Crippen LogP contribution in [0.3, 0.4) is 0 Å². The van der Waals surface area contributed by atoms with Crippen LogP contribution in [0.4, 0.5) is 5.69 Å². The number of rotatable bonds is 1. The molecule has 0 unspecified atom stereocenters. The van der Waals surface area contributed by atoms with Crippen molar-refractivity contribution in [3.63, 3.8) is 0 Å². The van der Waals surface area contributed by atoms with Gasteiger partial charge < -0.3 is 10.2 Å². The molecule has 0 radical (unpaired) electrons. The quantitative estimate of drug-likeness (QED) is 0.390. The van der Waals surface area contributed by atoms with Crippen molar-refractivity contribution in [3.05, 3.63) is 23.1 Å². The maximum Gasteiger partial charge on any atom is 1.00 e. The summed E-state index contributed by atoms with van der Waals surface area (Å²) < 4.78 is 0. The molecule has 0 amide bonds. The fraction of sp³-hybridized carbons (Fsp3) is 0. The van der Waals surface area contributed by atoms with Crippen LogP contribution < -0.4 is 29.6 Å². The van der Waals surface area contributed by atoms with Gasteiger partial charge in [0.1, 0.15) is 17.2 Å². The van der Waals surface area contributed by atoms with Gasteiger partial charge in [0, 0.05) is 6.07 Å². The minimum absolute atomic E-state index is 0. The van der Waals surface area contributed by atoms with Crippen molar-refractivity contribution in [2.45, 2.75) is 0 Å². The summed E-state index contributed by atoms with van der Waals surface area (Å²) in [5, 5.41) is 20.1. The van der Waals surface area contributed by atoms with E-state index in [-0.39, 0.29) is 46.7 Å². The zero-order valence-electron chi connectivity index (χ0n) is 5.98. The van der Waals surface area contributed by atoms with Crippen LogP contribution >= 0.6 is 0 Å². The normalized spacial score (nSPS) is 8.36. The van der Waals surface area contributed by atoms with E-state index in [0.717, 1.165) is 6.07 Å².